The number of thioether (sulfide) groups is 1. The molecule has 0 bridgehead atoms. The summed E-state index contributed by atoms with van der Waals surface area (Å²) in [4.78, 5) is 16.1. The van der Waals surface area contributed by atoms with E-state index in [1.807, 2.05) is 30.5 Å². The standard InChI is InChI=1S/C15H19N5OS/c1-3-20-13(11-6-8-16-9-7-11)18-19-15(20)22-10(2)14(21)17-12-4-5-12/h6-10,12H,3-5H2,1-2H3,(H,17,21)/t10-/m0/s1. The van der Waals surface area contributed by atoms with E-state index >= 15 is 0 Å². The molecule has 1 aliphatic carbocycles. The maximum Gasteiger partial charge on any atom is 0.233 e. The molecular weight excluding hydrogens is 298 g/mol. The predicted octanol–water partition coefficient (Wildman–Crippen LogP) is 2.12. The average molecular weight is 317 g/mol. The molecule has 3 rings (SSSR count). The van der Waals surface area contributed by atoms with Gasteiger partial charge in [0.05, 0.1) is 5.25 Å². The first kappa shape index (κ1) is 15.0. The van der Waals surface area contributed by atoms with Crippen molar-refractivity contribution in [2.24, 2.45) is 0 Å². The fourth-order valence-corrected chi connectivity index (χ4v) is 3.06. The van der Waals surface area contributed by atoms with Crippen molar-refractivity contribution in [3.8, 4) is 11.4 Å². The summed E-state index contributed by atoms with van der Waals surface area (Å²) in [7, 11) is 0. The zero-order valence-electron chi connectivity index (χ0n) is 12.7. The molecule has 0 aromatic carbocycles. The van der Waals surface area contributed by atoms with Gasteiger partial charge in [-0.05, 0) is 38.8 Å². The van der Waals surface area contributed by atoms with Gasteiger partial charge in [-0.1, -0.05) is 11.8 Å². The Labute approximate surface area is 133 Å². The Balaban J connectivity index is 1.76. The highest BCUT2D eigenvalue weighted by atomic mass is 32.2. The second-order valence-corrected chi connectivity index (χ2v) is 6.64. The zero-order valence-corrected chi connectivity index (χ0v) is 13.5. The lowest BCUT2D eigenvalue weighted by Gasteiger charge is -2.12. The summed E-state index contributed by atoms with van der Waals surface area (Å²) in [6.45, 7) is 4.71. The van der Waals surface area contributed by atoms with E-state index in [4.69, 9.17) is 0 Å². The lowest BCUT2D eigenvalue weighted by molar-refractivity contribution is -0.120. The average Bonchev–Trinajstić information content (AvgIpc) is 3.26. The molecule has 6 nitrogen and oxygen atoms in total. The minimum Gasteiger partial charge on any atom is -0.352 e. The molecule has 1 aliphatic rings. The molecule has 0 spiro atoms. The van der Waals surface area contributed by atoms with Crippen LogP contribution >= 0.6 is 11.8 Å². The molecule has 2 aromatic heterocycles. The van der Waals surface area contributed by atoms with Crippen molar-refractivity contribution in [1.82, 2.24) is 25.1 Å². The van der Waals surface area contributed by atoms with Gasteiger partial charge >= 0.3 is 0 Å². The molecule has 0 aliphatic heterocycles. The van der Waals surface area contributed by atoms with Crippen molar-refractivity contribution in [2.45, 2.75) is 49.7 Å². The minimum absolute atomic E-state index is 0.0728. The van der Waals surface area contributed by atoms with Crippen LogP contribution in [-0.4, -0.2) is 36.9 Å². The first-order chi connectivity index (χ1) is 10.7. The van der Waals surface area contributed by atoms with Crippen LogP contribution in [0.2, 0.25) is 0 Å². The van der Waals surface area contributed by atoms with Gasteiger partial charge in [0.2, 0.25) is 5.91 Å². The molecule has 22 heavy (non-hydrogen) atoms. The first-order valence-corrected chi connectivity index (χ1v) is 8.37. The van der Waals surface area contributed by atoms with Gasteiger partial charge < -0.3 is 9.88 Å². The van der Waals surface area contributed by atoms with Gasteiger partial charge in [-0.2, -0.15) is 0 Å². The lowest BCUT2D eigenvalue weighted by atomic mass is 10.2. The minimum atomic E-state index is -0.180. The molecule has 116 valence electrons. The number of nitrogens with one attached hydrogen (secondary N) is 1. The van der Waals surface area contributed by atoms with E-state index in [2.05, 4.69) is 20.5 Å². The van der Waals surface area contributed by atoms with E-state index in [0.717, 1.165) is 35.9 Å². The normalized spacial score (nSPS) is 15.5. The van der Waals surface area contributed by atoms with Gasteiger partial charge in [-0.15, -0.1) is 10.2 Å². The fourth-order valence-electron chi connectivity index (χ4n) is 2.13. The third-order valence-corrected chi connectivity index (χ3v) is 4.63. The number of carbonyl (C=O) groups excluding carboxylic acids is 1. The molecule has 0 saturated heterocycles. The van der Waals surface area contributed by atoms with Gasteiger partial charge in [-0.3, -0.25) is 9.78 Å². The molecule has 1 atom stereocenters. The number of amides is 1. The van der Waals surface area contributed by atoms with Crippen LogP contribution in [0.25, 0.3) is 11.4 Å². The molecule has 1 amide bonds. The summed E-state index contributed by atoms with van der Waals surface area (Å²) in [5, 5.41) is 12.1. The van der Waals surface area contributed by atoms with Crippen molar-refractivity contribution in [2.75, 3.05) is 0 Å². The van der Waals surface area contributed by atoms with Crippen LogP contribution in [0.4, 0.5) is 0 Å². The van der Waals surface area contributed by atoms with Crippen LogP contribution in [0.1, 0.15) is 26.7 Å². The fraction of sp³-hybridized carbons (Fsp3) is 0.467. The third-order valence-electron chi connectivity index (χ3n) is 3.55. The quantitative estimate of drug-likeness (QED) is 0.826. The highest BCUT2D eigenvalue weighted by Crippen LogP contribution is 2.27. The first-order valence-electron chi connectivity index (χ1n) is 7.49. The topological polar surface area (TPSA) is 72.7 Å². The molecule has 2 aromatic rings. The van der Waals surface area contributed by atoms with E-state index < -0.39 is 0 Å². The van der Waals surface area contributed by atoms with E-state index in [9.17, 15) is 4.79 Å². The summed E-state index contributed by atoms with van der Waals surface area (Å²) in [5.74, 6) is 0.880. The van der Waals surface area contributed by atoms with E-state index in [-0.39, 0.29) is 11.2 Å². The van der Waals surface area contributed by atoms with E-state index in [1.54, 1.807) is 12.4 Å². The van der Waals surface area contributed by atoms with Crippen LogP contribution in [0, 0.1) is 0 Å². The van der Waals surface area contributed by atoms with Crippen LogP contribution in [0.15, 0.2) is 29.7 Å². The van der Waals surface area contributed by atoms with Crippen LogP contribution in [-0.2, 0) is 11.3 Å². The van der Waals surface area contributed by atoms with Gasteiger partial charge in [0.15, 0.2) is 11.0 Å². The number of rotatable bonds is 6. The molecule has 1 fully saturated rings. The Morgan fingerprint density at radius 2 is 2.14 bits per heavy atom. The molecule has 7 heteroatoms. The van der Waals surface area contributed by atoms with Crippen molar-refractivity contribution < 1.29 is 4.79 Å². The Bertz CT molecular complexity index is 653. The Morgan fingerprint density at radius 1 is 1.41 bits per heavy atom. The number of carbonyl (C=O) groups is 1. The van der Waals surface area contributed by atoms with E-state index in [0.29, 0.717) is 6.04 Å². The highest BCUT2D eigenvalue weighted by molar-refractivity contribution is 8.00. The highest BCUT2D eigenvalue weighted by Gasteiger charge is 2.27. The monoisotopic (exact) mass is 317 g/mol. The van der Waals surface area contributed by atoms with Crippen molar-refractivity contribution in [3.05, 3.63) is 24.5 Å². The van der Waals surface area contributed by atoms with Gasteiger partial charge in [0, 0.05) is 30.5 Å². The summed E-state index contributed by atoms with van der Waals surface area (Å²) < 4.78 is 2.03. The van der Waals surface area contributed by atoms with Crippen LogP contribution < -0.4 is 5.32 Å². The molecule has 0 radical (unpaired) electrons. The summed E-state index contributed by atoms with van der Waals surface area (Å²) in [6, 6.07) is 4.20. The number of pyridine rings is 1. The number of aromatic nitrogens is 4. The lowest BCUT2D eigenvalue weighted by Crippen LogP contribution is -2.32. The smallest absolute Gasteiger partial charge is 0.233 e. The van der Waals surface area contributed by atoms with Crippen molar-refractivity contribution in [1.29, 1.82) is 0 Å². The molecule has 1 N–H and O–H groups in total. The second kappa shape index (κ2) is 6.48. The summed E-state index contributed by atoms with van der Waals surface area (Å²) in [6.07, 6.45) is 5.67. The van der Waals surface area contributed by atoms with Crippen LogP contribution in [0.5, 0.6) is 0 Å². The summed E-state index contributed by atoms with van der Waals surface area (Å²) in [5.41, 5.74) is 0.978. The molecule has 2 heterocycles. The van der Waals surface area contributed by atoms with Gasteiger partial charge in [0.1, 0.15) is 0 Å². The SMILES string of the molecule is CCn1c(S[C@@H](C)C(=O)NC2CC2)nnc1-c1ccncc1. The van der Waals surface area contributed by atoms with Crippen molar-refractivity contribution in [3.63, 3.8) is 0 Å². The Hall–Kier alpha value is -1.89. The second-order valence-electron chi connectivity index (χ2n) is 5.33. The number of hydrogen-bond donors (Lipinski definition) is 1. The van der Waals surface area contributed by atoms with E-state index in [1.165, 1.54) is 11.8 Å². The predicted molar refractivity (Wildman–Crippen MR) is 85.4 cm³/mol. The van der Waals surface area contributed by atoms with Gasteiger partial charge in [0.25, 0.3) is 0 Å². The maximum absolute atomic E-state index is 12.1. The number of hydrogen-bond acceptors (Lipinski definition) is 5. The van der Waals surface area contributed by atoms with Crippen molar-refractivity contribution >= 4 is 17.7 Å². The molecular formula is C15H19N5OS. The molecule has 1 saturated carbocycles. The maximum atomic E-state index is 12.1. The third kappa shape index (κ3) is 3.30. The Morgan fingerprint density at radius 3 is 2.77 bits per heavy atom. The largest absolute Gasteiger partial charge is 0.352 e. The Kier molecular flexibility index (Phi) is 4.42. The molecule has 0 unspecified atom stereocenters. The summed E-state index contributed by atoms with van der Waals surface area (Å²) >= 11 is 1.45. The number of nitrogens with zero attached hydrogens (tertiary/aromatic N) is 4. The van der Waals surface area contributed by atoms with Crippen LogP contribution in [0.3, 0.4) is 0 Å². The zero-order chi connectivity index (χ0) is 15.5. The van der Waals surface area contributed by atoms with Gasteiger partial charge in [-0.25, -0.2) is 0 Å².